The Morgan fingerprint density at radius 2 is 1.21 bits per heavy atom. The molecule has 2 heteroatoms. The van der Waals surface area contributed by atoms with Gasteiger partial charge in [-0.15, -0.1) is 0 Å². The zero-order valence-corrected chi connectivity index (χ0v) is 22.3. The average molecular weight is 461 g/mol. The van der Waals surface area contributed by atoms with Gasteiger partial charge in [0.1, 0.15) is 6.10 Å². The Bertz CT molecular complexity index is 529. The van der Waals surface area contributed by atoms with E-state index in [-0.39, 0.29) is 12.1 Å². The maximum Gasteiger partial charge on any atom is 0.306 e. The second-order valence-electron chi connectivity index (χ2n) is 12.1. The van der Waals surface area contributed by atoms with Gasteiger partial charge in [0, 0.05) is 6.42 Å². The summed E-state index contributed by atoms with van der Waals surface area (Å²) in [7, 11) is 0. The van der Waals surface area contributed by atoms with Crippen molar-refractivity contribution in [3.05, 3.63) is 0 Å². The molecule has 6 atom stereocenters. The Labute approximate surface area is 206 Å². The van der Waals surface area contributed by atoms with E-state index in [0.717, 1.165) is 48.9 Å². The van der Waals surface area contributed by atoms with Crippen LogP contribution in [0, 0.1) is 29.6 Å². The first-order valence-corrected chi connectivity index (χ1v) is 15.4. The van der Waals surface area contributed by atoms with Crippen LogP contribution in [-0.2, 0) is 9.53 Å². The van der Waals surface area contributed by atoms with Crippen LogP contribution in [-0.4, -0.2) is 12.1 Å². The van der Waals surface area contributed by atoms with Gasteiger partial charge in [-0.1, -0.05) is 97.3 Å². The number of rotatable bonds is 15. The largest absolute Gasteiger partial charge is 0.462 e. The van der Waals surface area contributed by atoms with Crippen LogP contribution < -0.4 is 0 Å². The summed E-state index contributed by atoms with van der Waals surface area (Å²) in [6.07, 6.45) is 29.4. The summed E-state index contributed by atoms with van der Waals surface area (Å²) in [5.74, 6) is 4.88. The van der Waals surface area contributed by atoms with E-state index in [0.29, 0.717) is 6.42 Å². The molecular formula is C31H56O2. The van der Waals surface area contributed by atoms with Gasteiger partial charge < -0.3 is 4.74 Å². The molecule has 2 nitrogen and oxygen atoms in total. The first kappa shape index (κ1) is 27.1. The number of hydrogen-bond acceptors (Lipinski definition) is 2. The van der Waals surface area contributed by atoms with Gasteiger partial charge >= 0.3 is 5.97 Å². The summed E-state index contributed by atoms with van der Waals surface area (Å²) in [5.41, 5.74) is 0. The van der Waals surface area contributed by atoms with Crippen molar-refractivity contribution in [1.29, 1.82) is 0 Å². The van der Waals surface area contributed by atoms with E-state index in [1.54, 1.807) is 0 Å². The van der Waals surface area contributed by atoms with E-state index in [2.05, 4.69) is 13.8 Å². The van der Waals surface area contributed by atoms with Gasteiger partial charge in [-0.2, -0.15) is 0 Å². The van der Waals surface area contributed by atoms with Gasteiger partial charge in [0.25, 0.3) is 0 Å². The molecule has 0 N–H and O–H groups in total. The van der Waals surface area contributed by atoms with Crippen LogP contribution in [0.15, 0.2) is 0 Å². The summed E-state index contributed by atoms with van der Waals surface area (Å²) >= 11 is 0. The maximum absolute atomic E-state index is 12.4. The number of fused-ring (bicyclic) bond motifs is 3. The van der Waals surface area contributed by atoms with Crippen LogP contribution in [0.1, 0.15) is 155 Å². The molecule has 0 heterocycles. The van der Waals surface area contributed by atoms with Gasteiger partial charge in [0.2, 0.25) is 0 Å². The predicted octanol–water partition coefficient (Wildman–Crippen LogP) is 9.64. The molecule has 0 amide bonds. The minimum atomic E-state index is 0.0813. The van der Waals surface area contributed by atoms with Gasteiger partial charge in [0.05, 0.1) is 0 Å². The van der Waals surface area contributed by atoms with E-state index < -0.39 is 0 Å². The minimum Gasteiger partial charge on any atom is -0.462 e. The van der Waals surface area contributed by atoms with Crippen LogP contribution in [0.3, 0.4) is 0 Å². The molecule has 3 saturated carbocycles. The Balaban J connectivity index is 1.30. The van der Waals surface area contributed by atoms with Crippen LogP contribution in [0.5, 0.6) is 0 Å². The topological polar surface area (TPSA) is 26.3 Å². The molecule has 0 saturated heterocycles. The highest BCUT2D eigenvalue weighted by atomic mass is 16.5. The molecule has 6 unspecified atom stereocenters. The van der Waals surface area contributed by atoms with Crippen molar-refractivity contribution in [2.75, 3.05) is 0 Å². The van der Waals surface area contributed by atoms with Crippen LogP contribution in [0.25, 0.3) is 0 Å². The summed E-state index contributed by atoms with van der Waals surface area (Å²) < 4.78 is 5.96. The molecule has 3 fully saturated rings. The lowest BCUT2D eigenvalue weighted by Crippen LogP contribution is -2.43. The van der Waals surface area contributed by atoms with Gasteiger partial charge in [0.15, 0.2) is 0 Å². The molecule has 0 aromatic carbocycles. The summed E-state index contributed by atoms with van der Waals surface area (Å²) in [6, 6.07) is 0. The number of carbonyl (C=O) groups is 1. The van der Waals surface area contributed by atoms with E-state index >= 15 is 0 Å². The third kappa shape index (κ3) is 9.21. The number of hydrogen-bond donors (Lipinski definition) is 0. The molecule has 0 aliphatic heterocycles. The monoisotopic (exact) mass is 460 g/mol. The smallest absolute Gasteiger partial charge is 0.306 e. The number of unbranched alkanes of at least 4 members (excludes halogenated alkanes) is 10. The maximum atomic E-state index is 12.4. The Morgan fingerprint density at radius 1 is 0.636 bits per heavy atom. The Morgan fingerprint density at radius 3 is 1.91 bits per heavy atom. The highest BCUT2D eigenvalue weighted by Gasteiger charge is 2.44. The minimum absolute atomic E-state index is 0.0813. The van der Waals surface area contributed by atoms with Crippen LogP contribution in [0.4, 0.5) is 0 Å². The highest BCUT2D eigenvalue weighted by molar-refractivity contribution is 5.69. The number of esters is 1. The molecule has 0 spiro atoms. The van der Waals surface area contributed by atoms with Crippen LogP contribution in [0.2, 0.25) is 0 Å². The van der Waals surface area contributed by atoms with Crippen molar-refractivity contribution in [2.45, 2.75) is 161 Å². The zero-order chi connectivity index (χ0) is 23.3. The molecule has 0 radical (unpaired) electrons. The van der Waals surface area contributed by atoms with E-state index in [1.807, 2.05) is 0 Å². The standard InChI is InChI=1S/C31H56O2/c1-3-5-7-9-11-13-15-25-17-21-29-26(23-25)18-19-27-24-28(20-22-30(27)29)33-31(32)16-14-12-10-8-6-4-2/h25-30H,3-24H2,1-2H3. The third-order valence-electron chi connectivity index (χ3n) is 9.60. The van der Waals surface area contributed by atoms with Crippen molar-refractivity contribution in [2.24, 2.45) is 29.6 Å². The number of ether oxygens (including phenoxy) is 1. The molecule has 192 valence electrons. The quantitative estimate of drug-likeness (QED) is 0.179. The fourth-order valence-electron chi connectivity index (χ4n) is 7.73. The molecule has 3 aliphatic rings. The fraction of sp³-hybridized carbons (Fsp3) is 0.968. The molecule has 3 aliphatic carbocycles. The lowest BCUT2D eigenvalue weighted by Gasteiger charge is -2.50. The second kappa shape index (κ2) is 15.5. The van der Waals surface area contributed by atoms with Crippen molar-refractivity contribution in [1.82, 2.24) is 0 Å². The summed E-state index contributed by atoms with van der Waals surface area (Å²) in [4.78, 5) is 12.4. The van der Waals surface area contributed by atoms with Crippen molar-refractivity contribution >= 4 is 5.97 Å². The molecule has 0 aromatic heterocycles. The molecule has 0 aromatic rings. The fourth-order valence-corrected chi connectivity index (χ4v) is 7.73. The zero-order valence-electron chi connectivity index (χ0n) is 22.3. The van der Waals surface area contributed by atoms with Crippen molar-refractivity contribution in [3.8, 4) is 0 Å². The Kier molecular flexibility index (Phi) is 12.7. The second-order valence-corrected chi connectivity index (χ2v) is 12.1. The summed E-state index contributed by atoms with van der Waals surface area (Å²) in [6.45, 7) is 4.56. The highest BCUT2D eigenvalue weighted by Crippen LogP contribution is 2.53. The molecule has 3 rings (SSSR count). The normalized spacial score (nSPS) is 31.6. The van der Waals surface area contributed by atoms with E-state index in [9.17, 15) is 4.79 Å². The molecule has 0 bridgehead atoms. The predicted molar refractivity (Wildman–Crippen MR) is 140 cm³/mol. The lowest BCUT2D eigenvalue weighted by molar-refractivity contribution is -0.153. The Hall–Kier alpha value is -0.530. The van der Waals surface area contributed by atoms with Gasteiger partial charge in [-0.25, -0.2) is 0 Å². The molecular weight excluding hydrogens is 404 g/mol. The average Bonchev–Trinajstić information content (AvgIpc) is 2.83. The van der Waals surface area contributed by atoms with Crippen molar-refractivity contribution < 1.29 is 9.53 Å². The first-order chi connectivity index (χ1) is 16.2. The van der Waals surface area contributed by atoms with E-state index in [1.165, 1.54) is 116 Å². The SMILES string of the molecule is CCCCCCCCC(=O)OC1CCC2C(CCC3CC(CCCCCCCC)CCC32)C1. The van der Waals surface area contributed by atoms with Crippen LogP contribution >= 0.6 is 0 Å². The molecule has 33 heavy (non-hydrogen) atoms. The first-order valence-electron chi connectivity index (χ1n) is 15.4. The van der Waals surface area contributed by atoms with Gasteiger partial charge in [-0.05, 0) is 81.0 Å². The van der Waals surface area contributed by atoms with Crippen molar-refractivity contribution in [3.63, 3.8) is 0 Å². The van der Waals surface area contributed by atoms with Gasteiger partial charge in [-0.3, -0.25) is 4.79 Å². The summed E-state index contributed by atoms with van der Waals surface area (Å²) in [5, 5.41) is 0. The van der Waals surface area contributed by atoms with E-state index in [4.69, 9.17) is 4.74 Å². The third-order valence-corrected chi connectivity index (χ3v) is 9.60. The number of carbonyl (C=O) groups excluding carboxylic acids is 1. The lowest BCUT2D eigenvalue weighted by atomic mass is 9.56.